The van der Waals surface area contributed by atoms with Gasteiger partial charge in [0.15, 0.2) is 0 Å². The van der Waals surface area contributed by atoms with E-state index in [9.17, 15) is 14.4 Å². The smallest absolute Gasteiger partial charge is 0.415 e. The lowest BCUT2D eigenvalue weighted by atomic mass is 9.99. The van der Waals surface area contributed by atoms with Crippen LogP contribution in [0.5, 0.6) is 0 Å². The van der Waals surface area contributed by atoms with E-state index in [0.717, 1.165) is 22.5 Å². The SMILES string of the molecule is CCC(=O)NC[C@@H]1OC(=O)N2c3ccc4c(c3C[C@@H]12)CC(=O)N4C. The van der Waals surface area contributed by atoms with E-state index in [0.29, 0.717) is 25.8 Å². The number of benzene rings is 1. The van der Waals surface area contributed by atoms with Gasteiger partial charge in [0.1, 0.15) is 6.10 Å². The number of hydrogen-bond acceptors (Lipinski definition) is 4. The van der Waals surface area contributed by atoms with Gasteiger partial charge in [0.05, 0.1) is 24.7 Å². The molecule has 3 amide bonds. The Morgan fingerprint density at radius 1 is 1.29 bits per heavy atom. The highest BCUT2D eigenvalue weighted by Gasteiger charge is 2.49. The van der Waals surface area contributed by atoms with E-state index in [4.69, 9.17) is 4.74 Å². The zero-order chi connectivity index (χ0) is 17.0. The number of carbonyl (C=O) groups is 3. The topological polar surface area (TPSA) is 79.0 Å². The summed E-state index contributed by atoms with van der Waals surface area (Å²) in [5.41, 5.74) is 3.82. The largest absolute Gasteiger partial charge is 0.442 e. The number of anilines is 2. The van der Waals surface area contributed by atoms with Gasteiger partial charge in [-0.3, -0.25) is 14.5 Å². The van der Waals surface area contributed by atoms with Crippen LogP contribution in [0.15, 0.2) is 12.1 Å². The van der Waals surface area contributed by atoms with Crippen LogP contribution in [0.3, 0.4) is 0 Å². The zero-order valence-electron chi connectivity index (χ0n) is 13.7. The van der Waals surface area contributed by atoms with Gasteiger partial charge in [-0.1, -0.05) is 6.92 Å². The van der Waals surface area contributed by atoms with E-state index in [2.05, 4.69) is 5.32 Å². The lowest BCUT2D eigenvalue weighted by Crippen LogP contribution is -2.40. The molecule has 1 aromatic carbocycles. The number of carbonyl (C=O) groups excluding carboxylic acids is 3. The molecule has 0 unspecified atom stereocenters. The van der Waals surface area contributed by atoms with Gasteiger partial charge in [-0.25, -0.2) is 4.79 Å². The van der Waals surface area contributed by atoms with E-state index in [1.165, 1.54) is 0 Å². The Kier molecular flexibility index (Phi) is 3.26. The average Bonchev–Trinajstić information content (AvgIpc) is 3.18. The Morgan fingerprint density at radius 2 is 2.04 bits per heavy atom. The fraction of sp³-hybridized carbons (Fsp3) is 0.471. The number of fused-ring (bicyclic) bond motifs is 5. The molecule has 0 spiro atoms. The summed E-state index contributed by atoms with van der Waals surface area (Å²) >= 11 is 0. The molecule has 1 aromatic rings. The second-order valence-corrected chi connectivity index (χ2v) is 6.41. The van der Waals surface area contributed by atoms with E-state index < -0.39 is 0 Å². The van der Waals surface area contributed by atoms with Gasteiger partial charge in [0.2, 0.25) is 11.8 Å². The second-order valence-electron chi connectivity index (χ2n) is 6.41. The summed E-state index contributed by atoms with van der Waals surface area (Å²) < 4.78 is 5.44. The maximum absolute atomic E-state index is 12.3. The van der Waals surface area contributed by atoms with Crippen molar-refractivity contribution in [2.45, 2.75) is 38.3 Å². The second kappa shape index (κ2) is 5.22. The van der Waals surface area contributed by atoms with Gasteiger partial charge < -0.3 is 15.0 Å². The Labute approximate surface area is 139 Å². The fourth-order valence-corrected chi connectivity index (χ4v) is 3.83. The molecule has 0 saturated carbocycles. The van der Waals surface area contributed by atoms with Crippen molar-refractivity contribution in [3.8, 4) is 0 Å². The normalized spacial score (nSPS) is 23.9. The van der Waals surface area contributed by atoms with Gasteiger partial charge in [-0.15, -0.1) is 0 Å². The van der Waals surface area contributed by atoms with E-state index in [-0.39, 0.29) is 30.1 Å². The van der Waals surface area contributed by atoms with Crippen LogP contribution in [-0.2, 0) is 27.2 Å². The molecular weight excluding hydrogens is 310 g/mol. The van der Waals surface area contributed by atoms with Gasteiger partial charge >= 0.3 is 6.09 Å². The lowest BCUT2D eigenvalue weighted by molar-refractivity contribution is -0.121. The minimum Gasteiger partial charge on any atom is -0.442 e. The maximum Gasteiger partial charge on any atom is 0.415 e. The molecule has 0 bridgehead atoms. The van der Waals surface area contributed by atoms with Crippen molar-refractivity contribution in [3.05, 3.63) is 23.3 Å². The molecule has 3 heterocycles. The predicted molar refractivity (Wildman–Crippen MR) is 87.1 cm³/mol. The zero-order valence-corrected chi connectivity index (χ0v) is 13.7. The van der Waals surface area contributed by atoms with Gasteiger partial charge in [0, 0.05) is 19.2 Å². The molecule has 3 aliphatic rings. The highest BCUT2D eigenvalue weighted by molar-refractivity contribution is 6.04. The summed E-state index contributed by atoms with van der Waals surface area (Å²) in [6.45, 7) is 2.10. The Hall–Kier alpha value is -2.57. The summed E-state index contributed by atoms with van der Waals surface area (Å²) in [5, 5.41) is 2.80. The molecule has 7 heteroatoms. The fourth-order valence-electron chi connectivity index (χ4n) is 3.83. The first-order valence-corrected chi connectivity index (χ1v) is 8.19. The third-order valence-corrected chi connectivity index (χ3v) is 5.15. The molecule has 126 valence electrons. The van der Waals surface area contributed by atoms with Crippen molar-refractivity contribution in [1.82, 2.24) is 5.32 Å². The van der Waals surface area contributed by atoms with Gasteiger partial charge in [0.25, 0.3) is 0 Å². The Balaban J connectivity index is 1.63. The number of ether oxygens (including phenoxy) is 1. The van der Waals surface area contributed by atoms with Crippen LogP contribution in [0, 0.1) is 0 Å². The molecule has 1 saturated heterocycles. The highest BCUT2D eigenvalue weighted by atomic mass is 16.6. The molecule has 0 radical (unpaired) electrons. The average molecular weight is 329 g/mol. The van der Waals surface area contributed by atoms with E-state index >= 15 is 0 Å². The van der Waals surface area contributed by atoms with Crippen LogP contribution in [0.4, 0.5) is 16.2 Å². The molecule has 1 N–H and O–H groups in total. The minimum atomic E-state index is -0.382. The van der Waals surface area contributed by atoms with E-state index in [1.807, 2.05) is 12.1 Å². The molecule has 7 nitrogen and oxygen atoms in total. The maximum atomic E-state index is 12.3. The molecule has 0 aromatic heterocycles. The quantitative estimate of drug-likeness (QED) is 0.897. The molecule has 1 fully saturated rings. The lowest BCUT2D eigenvalue weighted by Gasteiger charge is -2.17. The Morgan fingerprint density at radius 3 is 2.79 bits per heavy atom. The minimum absolute atomic E-state index is 0.0619. The van der Waals surface area contributed by atoms with Crippen molar-refractivity contribution in [1.29, 1.82) is 0 Å². The van der Waals surface area contributed by atoms with Crippen molar-refractivity contribution in [2.75, 3.05) is 23.4 Å². The van der Waals surface area contributed by atoms with Crippen LogP contribution < -0.4 is 15.1 Å². The molecule has 0 aliphatic carbocycles. The number of nitrogens with zero attached hydrogens (tertiary/aromatic N) is 2. The molecule has 2 atom stereocenters. The number of likely N-dealkylation sites (N-methyl/N-ethyl adjacent to an activating group) is 1. The number of nitrogens with one attached hydrogen (secondary N) is 1. The predicted octanol–water partition coefficient (Wildman–Crippen LogP) is 0.982. The van der Waals surface area contributed by atoms with Crippen LogP contribution >= 0.6 is 0 Å². The summed E-state index contributed by atoms with van der Waals surface area (Å²) in [6.07, 6.45) is 0.676. The molecular formula is C17H19N3O4. The summed E-state index contributed by atoms with van der Waals surface area (Å²) in [7, 11) is 1.77. The first-order chi connectivity index (χ1) is 11.5. The van der Waals surface area contributed by atoms with Crippen molar-refractivity contribution in [2.24, 2.45) is 0 Å². The van der Waals surface area contributed by atoms with Crippen molar-refractivity contribution < 1.29 is 19.1 Å². The highest BCUT2D eigenvalue weighted by Crippen LogP contribution is 2.44. The number of amides is 3. The van der Waals surface area contributed by atoms with E-state index in [1.54, 1.807) is 23.8 Å². The number of hydrogen-bond donors (Lipinski definition) is 1. The van der Waals surface area contributed by atoms with Crippen LogP contribution in [0.1, 0.15) is 24.5 Å². The first-order valence-electron chi connectivity index (χ1n) is 8.19. The summed E-state index contributed by atoms with van der Waals surface area (Å²) in [6, 6.07) is 3.65. The molecule has 3 aliphatic heterocycles. The summed E-state index contributed by atoms with van der Waals surface area (Å²) in [5.74, 6) is 0.00733. The van der Waals surface area contributed by atoms with Crippen molar-refractivity contribution >= 4 is 29.3 Å². The van der Waals surface area contributed by atoms with Crippen LogP contribution in [0.2, 0.25) is 0 Å². The summed E-state index contributed by atoms with van der Waals surface area (Å²) in [4.78, 5) is 39.1. The first kappa shape index (κ1) is 15.0. The third kappa shape index (κ3) is 2.00. The molecule has 4 rings (SSSR count). The van der Waals surface area contributed by atoms with Gasteiger partial charge in [-0.05, 0) is 29.7 Å². The monoisotopic (exact) mass is 329 g/mol. The third-order valence-electron chi connectivity index (χ3n) is 5.15. The van der Waals surface area contributed by atoms with Crippen LogP contribution in [0.25, 0.3) is 0 Å². The molecule has 24 heavy (non-hydrogen) atoms. The van der Waals surface area contributed by atoms with Crippen LogP contribution in [-0.4, -0.2) is 43.6 Å². The number of rotatable bonds is 3. The number of cyclic esters (lactones) is 1. The van der Waals surface area contributed by atoms with Gasteiger partial charge in [-0.2, -0.15) is 0 Å². The van der Waals surface area contributed by atoms with Crippen molar-refractivity contribution in [3.63, 3.8) is 0 Å². The Bertz CT molecular complexity index is 760. The standard InChI is InChI=1S/C17H19N3O4/c1-3-15(21)18-8-14-13-6-9-10-7-16(22)19(2)11(10)4-5-12(9)20(13)17(23)24-14/h4-5,13-14H,3,6-8H2,1-2H3,(H,18,21)/t13-,14-/m0/s1.